The summed E-state index contributed by atoms with van der Waals surface area (Å²) in [5.74, 6) is -0.195. The van der Waals surface area contributed by atoms with E-state index in [0.717, 1.165) is 22.2 Å². The van der Waals surface area contributed by atoms with Gasteiger partial charge in [-0.15, -0.1) is 0 Å². The molecular weight excluding hydrogens is 333 g/mol. The quantitative estimate of drug-likeness (QED) is 0.636. The van der Waals surface area contributed by atoms with Gasteiger partial charge in [-0.3, -0.25) is 10.1 Å². The van der Waals surface area contributed by atoms with Crippen molar-refractivity contribution in [3.63, 3.8) is 0 Å². The summed E-state index contributed by atoms with van der Waals surface area (Å²) in [6.45, 7) is 1.91. The van der Waals surface area contributed by atoms with Gasteiger partial charge >= 0.3 is 0 Å². The molecule has 0 saturated carbocycles. The minimum absolute atomic E-state index is 0.133. The molecule has 1 amide bonds. The van der Waals surface area contributed by atoms with Crippen LogP contribution < -0.4 is 10.6 Å². The fourth-order valence-electron chi connectivity index (χ4n) is 2.82. The van der Waals surface area contributed by atoms with Crippen molar-refractivity contribution >= 4 is 29.0 Å². The van der Waals surface area contributed by atoms with Crippen molar-refractivity contribution in [2.24, 2.45) is 4.99 Å². The summed E-state index contributed by atoms with van der Waals surface area (Å²) in [5.41, 5.74) is 2.80. The summed E-state index contributed by atoms with van der Waals surface area (Å²) in [5, 5.41) is 6.76. The van der Waals surface area contributed by atoms with E-state index in [9.17, 15) is 9.18 Å². The van der Waals surface area contributed by atoms with Crippen LogP contribution in [0, 0.1) is 5.82 Å². The van der Waals surface area contributed by atoms with Gasteiger partial charge in [-0.2, -0.15) is 0 Å². The highest BCUT2D eigenvalue weighted by Gasteiger charge is 2.22. The molecule has 6 nitrogen and oxygen atoms in total. The van der Waals surface area contributed by atoms with Crippen molar-refractivity contribution in [3.05, 3.63) is 71.4 Å². The molecule has 1 unspecified atom stereocenters. The number of pyridine rings is 1. The zero-order valence-corrected chi connectivity index (χ0v) is 14.0. The number of halogens is 1. The largest absolute Gasteiger partial charge is 0.349 e. The maximum Gasteiger partial charge on any atom is 0.276 e. The molecule has 4 rings (SSSR count). The number of aromatic nitrogens is 2. The molecule has 1 atom stereocenters. The molecule has 3 heterocycles. The maximum atomic E-state index is 13.0. The standard InChI is InChI=1S/C19H16FN5O/c1-11(12-4-6-14(20)7-5-12)23-19-24-16(18(26)25-19)9-13-10-22-17-15(13)3-2-8-21-17/h2-11H,1H3,(H,21,22)(H2,23,24,25,26). The first-order valence-corrected chi connectivity index (χ1v) is 8.16. The molecule has 1 aliphatic rings. The molecule has 2 aromatic heterocycles. The van der Waals surface area contributed by atoms with E-state index in [1.807, 2.05) is 19.1 Å². The Morgan fingerprint density at radius 1 is 1.23 bits per heavy atom. The van der Waals surface area contributed by atoms with E-state index in [2.05, 4.69) is 25.6 Å². The predicted octanol–water partition coefficient (Wildman–Crippen LogP) is 2.88. The number of hydrogen-bond donors (Lipinski definition) is 3. The third kappa shape index (κ3) is 3.06. The Kier molecular flexibility index (Phi) is 3.96. The molecule has 130 valence electrons. The van der Waals surface area contributed by atoms with Crippen LogP contribution in [0.5, 0.6) is 0 Å². The Balaban J connectivity index is 1.56. The number of fused-ring (bicyclic) bond motifs is 1. The number of carbonyl (C=O) groups is 1. The van der Waals surface area contributed by atoms with Crippen LogP contribution in [0.15, 0.2) is 59.5 Å². The van der Waals surface area contributed by atoms with E-state index < -0.39 is 0 Å². The number of benzene rings is 1. The van der Waals surface area contributed by atoms with Gasteiger partial charge in [-0.1, -0.05) is 12.1 Å². The van der Waals surface area contributed by atoms with E-state index in [1.54, 1.807) is 30.6 Å². The van der Waals surface area contributed by atoms with Crippen LogP contribution in [0.1, 0.15) is 24.1 Å². The number of carbonyl (C=O) groups excluding carboxylic acids is 1. The fraction of sp³-hybridized carbons (Fsp3) is 0.105. The molecule has 0 radical (unpaired) electrons. The number of nitrogens with one attached hydrogen (secondary N) is 3. The first kappa shape index (κ1) is 16.0. The molecule has 0 fully saturated rings. The summed E-state index contributed by atoms with van der Waals surface area (Å²) in [4.78, 5) is 23.8. The van der Waals surface area contributed by atoms with E-state index >= 15 is 0 Å². The summed E-state index contributed by atoms with van der Waals surface area (Å²) in [7, 11) is 0. The predicted molar refractivity (Wildman–Crippen MR) is 97.6 cm³/mol. The Bertz CT molecular complexity index is 1040. The highest BCUT2D eigenvalue weighted by atomic mass is 19.1. The third-order valence-electron chi connectivity index (χ3n) is 4.20. The Labute approximate surface area is 148 Å². The van der Waals surface area contributed by atoms with Gasteiger partial charge in [0.2, 0.25) is 5.96 Å². The van der Waals surface area contributed by atoms with Gasteiger partial charge in [-0.25, -0.2) is 14.4 Å². The first-order chi connectivity index (χ1) is 12.6. The van der Waals surface area contributed by atoms with Crippen LogP contribution in [-0.4, -0.2) is 21.8 Å². The highest BCUT2D eigenvalue weighted by molar-refractivity contribution is 6.14. The molecule has 0 spiro atoms. The van der Waals surface area contributed by atoms with Gasteiger partial charge in [0, 0.05) is 23.3 Å². The van der Waals surface area contributed by atoms with Gasteiger partial charge in [0.15, 0.2) is 0 Å². The van der Waals surface area contributed by atoms with Crippen molar-refractivity contribution in [1.82, 2.24) is 20.6 Å². The molecule has 26 heavy (non-hydrogen) atoms. The number of rotatable bonds is 3. The summed E-state index contributed by atoms with van der Waals surface area (Å²) < 4.78 is 13.0. The number of aliphatic imine (C=N–C) groups is 1. The lowest BCUT2D eigenvalue weighted by Gasteiger charge is -2.14. The molecule has 7 heteroatoms. The SMILES string of the molecule is CC(NC1=NC(=Cc2c[nH]c3ncccc23)C(=O)N1)c1ccc(F)cc1. The molecular formula is C19H16FN5O. The van der Waals surface area contributed by atoms with Gasteiger partial charge in [0.25, 0.3) is 5.91 Å². The van der Waals surface area contributed by atoms with Crippen molar-refractivity contribution in [2.75, 3.05) is 0 Å². The Morgan fingerprint density at radius 2 is 2.04 bits per heavy atom. The number of amides is 1. The minimum Gasteiger partial charge on any atom is -0.349 e. The van der Waals surface area contributed by atoms with Crippen LogP contribution in [0.25, 0.3) is 17.1 Å². The lowest BCUT2D eigenvalue weighted by Crippen LogP contribution is -2.37. The molecule has 1 aromatic carbocycles. The second kappa shape index (κ2) is 6.44. The third-order valence-corrected chi connectivity index (χ3v) is 4.20. The van der Waals surface area contributed by atoms with Crippen molar-refractivity contribution in [3.8, 4) is 0 Å². The van der Waals surface area contributed by atoms with Gasteiger partial charge in [-0.05, 0) is 42.8 Å². The van der Waals surface area contributed by atoms with Gasteiger partial charge in [0.1, 0.15) is 17.2 Å². The van der Waals surface area contributed by atoms with Crippen LogP contribution >= 0.6 is 0 Å². The smallest absolute Gasteiger partial charge is 0.276 e. The summed E-state index contributed by atoms with van der Waals surface area (Å²) in [6, 6.07) is 9.83. The number of H-pyrrole nitrogens is 1. The first-order valence-electron chi connectivity index (χ1n) is 8.16. The van der Waals surface area contributed by atoms with E-state index in [-0.39, 0.29) is 17.8 Å². The van der Waals surface area contributed by atoms with Gasteiger partial charge in [0.05, 0.1) is 6.04 Å². The van der Waals surface area contributed by atoms with Crippen LogP contribution in [0.4, 0.5) is 4.39 Å². The number of guanidine groups is 1. The van der Waals surface area contributed by atoms with Crippen molar-refractivity contribution in [2.45, 2.75) is 13.0 Å². The average molecular weight is 349 g/mol. The van der Waals surface area contributed by atoms with Crippen molar-refractivity contribution < 1.29 is 9.18 Å². The minimum atomic E-state index is -0.286. The second-order valence-electron chi connectivity index (χ2n) is 6.01. The van der Waals surface area contributed by atoms with Crippen LogP contribution in [-0.2, 0) is 4.79 Å². The zero-order valence-electron chi connectivity index (χ0n) is 14.0. The average Bonchev–Trinajstić information content (AvgIpc) is 3.20. The topological polar surface area (TPSA) is 82.2 Å². The van der Waals surface area contributed by atoms with E-state index in [1.165, 1.54) is 12.1 Å². The maximum absolute atomic E-state index is 13.0. The fourth-order valence-corrected chi connectivity index (χ4v) is 2.82. The van der Waals surface area contributed by atoms with E-state index in [0.29, 0.717) is 11.7 Å². The molecule has 3 aromatic rings. The summed E-state index contributed by atoms with van der Waals surface area (Å²) in [6.07, 6.45) is 5.21. The lowest BCUT2D eigenvalue weighted by atomic mass is 10.1. The normalized spacial score (nSPS) is 16.6. The molecule has 0 saturated heterocycles. The Morgan fingerprint density at radius 3 is 2.85 bits per heavy atom. The highest BCUT2D eigenvalue weighted by Crippen LogP contribution is 2.20. The number of aromatic amines is 1. The Hall–Kier alpha value is -3.48. The van der Waals surface area contributed by atoms with Crippen molar-refractivity contribution in [1.29, 1.82) is 0 Å². The van der Waals surface area contributed by atoms with Gasteiger partial charge < -0.3 is 10.3 Å². The monoisotopic (exact) mass is 349 g/mol. The number of nitrogens with zero attached hydrogens (tertiary/aromatic N) is 2. The summed E-state index contributed by atoms with van der Waals surface area (Å²) >= 11 is 0. The molecule has 1 aliphatic heterocycles. The van der Waals surface area contributed by atoms with E-state index in [4.69, 9.17) is 0 Å². The molecule has 0 bridgehead atoms. The molecule has 0 aliphatic carbocycles. The van der Waals surface area contributed by atoms with Crippen LogP contribution in [0.3, 0.4) is 0 Å². The number of hydrogen-bond acceptors (Lipinski definition) is 4. The van der Waals surface area contributed by atoms with Crippen LogP contribution in [0.2, 0.25) is 0 Å². The zero-order chi connectivity index (χ0) is 18.1. The molecule has 3 N–H and O–H groups in total. The lowest BCUT2D eigenvalue weighted by molar-refractivity contribution is -0.115. The second-order valence-corrected chi connectivity index (χ2v) is 6.01.